The highest BCUT2D eigenvalue weighted by atomic mass is 16.2. The first-order chi connectivity index (χ1) is 12.0. The molecule has 2 aromatic rings. The van der Waals surface area contributed by atoms with Gasteiger partial charge in [-0.05, 0) is 43.7 Å². The number of para-hydroxylation sites is 1. The summed E-state index contributed by atoms with van der Waals surface area (Å²) in [5, 5.41) is 6.02. The standard InChI is InChI=1S/C20H25N3O2/c1-4-19(24)22-16-12-11-15(3)18(13-16)21-14-20(25)23(5-2)17-9-7-6-8-10-17/h6-13,21H,4-5,14H2,1-3H3,(H,22,24). The number of carbonyl (C=O) groups excluding carboxylic acids is 2. The highest BCUT2D eigenvalue weighted by molar-refractivity contribution is 5.96. The molecule has 0 aliphatic carbocycles. The first kappa shape index (κ1) is 18.5. The summed E-state index contributed by atoms with van der Waals surface area (Å²) in [5.41, 5.74) is 3.47. The van der Waals surface area contributed by atoms with Gasteiger partial charge in [-0.1, -0.05) is 31.2 Å². The van der Waals surface area contributed by atoms with E-state index >= 15 is 0 Å². The summed E-state index contributed by atoms with van der Waals surface area (Å²) < 4.78 is 0. The molecule has 0 saturated carbocycles. The van der Waals surface area contributed by atoms with Crippen molar-refractivity contribution in [2.75, 3.05) is 28.6 Å². The number of benzene rings is 2. The largest absolute Gasteiger partial charge is 0.376 e. The van der Waals surface area contributed by atoms with E-state index < -0.39 is 0 Å². The van der Waals surface area contributed by atoms with Gasteiger partial charge >= 0.3 is 0 Å². The zero-order valence-corrected chi connectivity index (χ0v) is 15.0. The average Bonchev–Trinajstić information content (AvgIpc) is 2.63. The third-order valence-electron chi connectivity index (χ3n) is 3.96. The van der Waals surface area contributed by atoms with Gasteiger partial charge < -0.3 is 15.5 Å². The van der Waals surface area contributed by atoms with Gasteiger partial charge in [0, 0.05) is 30.0 Å². The number of aryl methyl sites for hydroxylation is 1. The Morgan fingerprint density at radius 2 is 1.76 bits per heavy atom. The summed E-state index contributed by atoms with van der Waals surface area (Å²) in [6.07, 6.45) is 0.428. The quantitative estimate of drug-likeness (QED) is 0.806. The second-order valence-corrected chi connectivity index (χ2v) is 5.76. The van der Waals surface area contributed by atoms with Crippen LogP contribution >= 0.6 is 0 Å². The monoisotopic (exact) mass is 339 g/mol. The molecule has 5 heteroatoms. The zero-order valence-electron chi connectivity index (χ0n) is 15.0. The third-order valence-corrected chi connectivity index (χ3v) is 3.96. The minimum absolute atomic E-state index is 0.00361. The van der Waals surface area contributed by atoms with E-state index in [4.69, 9.17) is 0 Å². The van der Waals surface area contributed by atoms with Gasteiger partial charge in [0.1, 0.15) is 0 Å². The van der Waals surface area contributed by atoms with Crippen LogP contribution in [-0.2, 0) is 9.59 Å². The van der Waals surface area contributed by atoms with Crippen molar-refractivity contribution >= 4 is 28.9 Å². The van der Waals surface area contributed by atoms with E-state index in [1.807, 2.05) is 69.3 Å². The van der Waals surface area contributed by atoms with Gasteiger partial charge in [0.15, 0.2) is 0 Å². The molecule has 132 valence electrons. The van der Waals surface area contributed by atoms with Crippen molar-refractivity contribution in [3.05, 3.63) is 54.1 Å². The second kappa shape index (κ2) is 8.87. The van der Waals surface area contributed by atoms with E-state index in [2.05, 4.69) is 10.6 Å². The van der Waals surface area contributed by atoms with E-state index in [0.717, 1.165) is 22.6 Å². The van der Waals surface area contributed by atoms with Crippen molar-refractivity contribution in [1.82, 2.24) is 0 Å². The van der Waals surface area contributed by atoms with Crippen LogP contribution < -0.4 is 15.5 Å². The van der Waals surface area contributed by atoms with Crippen LogP contribution in [0.5, 0.6) is 0 Å². The molecule has 2 N–H and O–H groups in total. The van der Waals surface area contributed by atoms with E-state index in [-0.39, 0.29) is 18.4 Å². The topological polar surface area (TPSA) is 61.4 Å². The van der Waals surface area contributed by atoms with Gasteiger partial charge in [-0.2, -0.15) is 0 Å². The van der Waals surface area contributed by atoms with Crippen LogP contribution in [0.4, 0.5) is 17.1 Å². The Bertz CT molecular complexity index is 729. The van der Waals surface area contributed by atoms with Gasteiger partial charge in [0.05, 0.1) is 6.54 Å². The van der Waals surface area contributed by atoms with Crippen molar-refractivity contribution < 1.29 is 9.59 Å². The predicted molar refractivity (Wildman–Crippen MR) is 103 cm³/mol. The lowest BCUT2D eigenvalue weighted by atomic mass is 10.1. The smallest absolute Gasteiger partial charge is 0.246 e. The number of amides is 2. The first-order valence-corrected chi connectivity index (χ1v) is 8.55. The molecule has 2 aromatic carbocycles. The summed E-state index contributed by atoms with van der Waals surface area (Å²) in [5.74, 6) is -0.0387. The third kappa shape index (κ3) is 5.08. The summed E-state index contributed by atoms with van der Waals surface area (Å²) in [6.45, 7) is 6.53. The lowest BCUT2D eigenvalue weighted by Crippen LogP contribution is -2.35. The molecule has 0 saturated heterocycles. The Labute approximate surface area is 149 Å². The lowest BCUT2D eigenvalue weighted by Gasteiger charge is -2.22. The molecule has 0 atom stereocenters. The molecule has 0 radical (unpaired) electrons. The molecule has 5 nitrogen and oxygen atoms in total. The van der Waals surface area contributed by atoms with Gasteiger partial charge in [-0.3, -0.25) is 9.59 Å². The van der Waals surface area contributed by atoms with Crippen LogP contribution in [-0.4, -0.2) is 24.9 Å². The molecule has 0 aliphatic heterocycles. The fourth-order valence-corrected chi connectivity index (χ4v) is 2.52. The number of likely N-dealkylation sites (N-methyl/N-ethyl adjacent to an activating group) is 1. The summed E-state index contributed by atoms with van der Waals surface area (Å²) in [6, 6.07) is 15.3. The summed E-state index contributed by atoms with van der Waals surface area (Å²) in [4.78, 5) is 25.8. The molecule has 25 heavy (non-hydrogen) atoms. The number of hydrogen-bond donors (Lipinski definition) is 2. The highest BCUT2D eigenvalue weighted by Gasteiger charge is 2.13. The number of hydrogen-bond acceptors (Lipinski definition) is 3. The maximum atomic E-state index is 12.6. The van der Waals surface area contributed by atoms with Crippen molar-refractivity contribution in [2.24, 2.45) is 0 Å². The van der Waals surface area contributed by atoms with Crippen molar-refractivity contribution in [3.63, 3.8) is 0 Å². The fourth-order valence-electron chi connectivity index (χ4n) is 2.52. The second-order valence-electron chi connectivity index (χ2n) is 5.76. The number of rotatable bonds is 7. The normalized spacial score (nSPS) is 10.2. The molecule has 0 aromatic heterocycles. The number of anilines is 3. The highest BCUT2D eigenvalue weighted by Crippen LogP contribution is 2.21. The van der Waals surface area contributed by atoms with E-state index in [1.54, 1.807) is 4.90 Å². The SMILES string of the molecule is CCC(=O)Nc1ccc(C)c(NCC(=O)N(CC)c2ccccc2)c1. The molecule has 0 spiro atoms. The predicted octanol–water partition coefficient (Wildman–Crippen LogP) is 3.81. The molecule has 0 bridgehead atoms. The van der Waals surface area contributed by atoms with Crippen LogP contribution in [0.2, 0.25) is 0 Å². The van der Waals surface area contributed by atoms with Gasteiger partial charge in [0.25, 0.3) is 0 Å². The molecule has 0 fully saturated rings. The maximum Gasteiger partial charge on any atom is 0.246 e. The van der Waals surface area contributed by atoms with Crippen molar-refractivity contribution in [1.29, 1.82) is 0 Å². The Hall–Kier alpha value is -2.82. The number of carbonyl (C=O) groups is 2. The molecular weight excluding hydrogens is 314 g/mol. The maximum absolute atomic E-state index is 12.6. The fraction of sp³-hybridized carbons (Fsp3) is 0.300. The molecule has 2 amide bonds. The molecule has 0 aliphatic rings. The van der Waals surface area contributed by atoms with E-state index in [9.17, 15) is 9.59 Å². The van der Waals surface area contributed by atoms with Gasteiger partial charge in [0.2, 0.25) is 11.8 Å². The molecule has 0 heterocycles. The van der Waals surface area contributed by atoms with Crippen LogP contribution in [0.25, 0.3) is 0 Å². The van der Waals surface area contributed by atoms with Gasteiger partial charge in [-0.15, -0.1) is 0 Å². The molecular formula is C20H25N3O2. The Morgan fingerprint density at radius 3 is 2.40 bits per heavy atom. The average molecular weight is 339 g/mol. The molecule has 2 rings (SSSR count). The van der Waals surface area contributed by atoms with Crippen LogP contribution in [0.1, 0.15) is 25.8 Å². The van der Waals surface area contributed by atoms with E-state index in [1.165, 1.54) is 0 Å². The number of nitrogens with zero attached hydrogens (tertiary/aromatic N) is 1. The van der Waals surface area contributed by atoms with Gasteiger partial charge in [-0.25, -0.2) is 0 Å². The minimum Gasteiger partial charge on any atom is -0.376 e. The Balaban J connectivity index is 2.05. The zero-order chi connectivity index (χ0) is 18.2. The summed E-state index contributed by atoms with van der Waals surface area (Å²) >= 11 is 0. The van der Waals surface area contributed by atoms with Crippen LogP contribution in [0.15, 0.2) is 48.5 Å². The molecule has 0 unspecified atom stereocenters. The summed E-state index contributed by atoms with van der Waals surface area (Å²) in [7, 11) is 0. The number of nitrogens with one attached hydrogen (secondary N) is 2. The Morgan fingerprint density at radius 1 is 1.04 bits per heavy atom. The Kier molecular flexibility index (Phi) is 6.57. The lowest BCUT2D eigenvalue weighted by molar-refractivity contribution is -0.117. The van der Waals surface area contributed by atoms with Crippen LogP contribution in [0, 0.1) is 6.92 Å². The first-order valence-electron chi connectivity index (χ1n) is 8.55. The van der Waals surface area contributed by atoms with Crippen molar-refractivity contribution in [2.45, 2.75) is 27.2 Å². The van der Waals surface area contributed by atoms with Crippen LogP contribution in [0.3, 0.4) is 0 Å². The van der Waals surface area contributed by atoms with E-state index in [0.29, 0.717) is 13.0 Å². The van der Waals surface area contributed by atoms with Crippen molar-refractivity contribution in [3.8, 4) is 0 Å². The minimum atomic E-state index is -0.0351.